The van der Waals surface area contributed by atoms with Crippen LogP contribution in [0.15, 0.2) is 48.6 Å². The number of allylic oxidation sites excluding steroid dienone is 8. The Morgan fingerprint density at radius 3 is 1.27 bits per heavy atom. The van der Waals surface area contributed by atoms with Crippen LogP contribution in [0.3, 0.4) is 0 Å². The highest BCUT2D eigenvalue weighted by molar-refractivity contribution is 5.69. The third-order valence-electron chi connectivity index (χ3n) is 14.8. The highest BCUT2D eigenvalue weighted by Gasteiger charge is 2.47. The molecule has 0 spiro atoms. The minimum atomic E-state index is -1.71. The summed E-state index contributed by atoms with van der Waals surface area (Å²) in [6.07, 6.45) is 44.5. The van der Waals surface area contributed by atoms with E-state index in [2.05, 4.69) is 62.5 Å². The molecule has 14 heteroatoms. The Morgan fingerprint density at radius 2 is 0.805 bits per heavy atom. The number of carbonyl (C=O) groups is 1. The monoisotopic (exact) mass is 1090 g/mol. The molecule has 0 aliphatic carbocycles. The first kappa shape index (κ1) is 71.1. The summed E-state index contributed by atoms with van der Waals surface area (Å²) in [5, 5.41) is 72.4. The lowest BCUT2D eigenvalue weighted by Crippen LogP contribution is -2.61. The van der Waals surface area contributed by atoms with E-state index in [1.807, 2.05) is 0 Å². The van der Waals surface area contributed by atoms with Crippen LogP contribution in [0.4, 0.5) is 0 Å². The zero-order valence-electron chi connectivity index (χ0n) is 48.4. The average Bonchev–Trinajstić information content (AvgIpc) is 3.43. The van der Waals surface area contributed by atoms with Gasteiger partial charge in [0.05, 0.1) is 26.4 Å². The lowest BCUT2D eigenvalue weighted by Gasteiger charge is -2.42. The van der Waals surface area contributed by atoms with Crippen molar-refractivity contribution in [3.8, 4) is 0 Å². The summed E-state index contributed by atoms with van der Waals surface area (Å²) in [6.45, 7) is 3.69. The van der Waals surface area contributed by atoms with Crippen LogP contribution in [0, 0.1) is 0 Å². The fourth-order valence-electron chi connectivity index (χ4n) is 9.76. The summed E-state index contributed by atoms with van der Waals surface area (Å²) in [7, 11) is 0. The molecule has 2 heterocycles. The minimum Gasteiger partial charge on any atom is -0.457 e. The molecule has 77 heavy (non-hydrogen) atoms. The molecule has 11 atom stereocenters. The van der Waals surface area contributed by atoms with E-state index in [0.717, 1.165) is 57.8 Å². The number of aliphatic hydroxyl groups excluding tert-OH is 7. The Kier molecular flexibility index (Phi) is 45.9. The van der Waals surface area contributed by atoms with Crippen molar-refractivity contribution in [2.75, 3.05) is 33.0 Å². The maximum absolute atomic E-state index is 13.1. The van der Waals surface area contributed by atoms with Gasteiger partial charge in [0.1, 0.15) is 54.9 Å². The summed E-state index contributed by atoms with van der Waals surface area (Å²) in [5.74, 6) is -0.378. The predicted octanol–water partition coefficient (Wildman–Crippen LogP) is 11.9. The first-order valence-electron chi connectivity index (χ1n) is 31.2. The molecule has 14 nitrogen and oxygen atoms in total. The third-order valence-corrected chi connectivity index (χ3v) is 14.8. The van der Waals surface area contributed by atoms with Crippen LogP contribution >= 0.6 is 0 Å². The van der Waals surface area contributed by atoms with Crippen molar-refractivity contribution in [2.24, 2.45) is 0 Å². The van der Waals surface area contributed by atoms with E-state index in [9.17, 15) is 40.5 Å². The van der Waals surface area contributed by atoms with Gasteiger partial charge in [-0.25, -0.2) is 0 Å². The quantitative estimate of drug-likeness (QED) is 0.0172. The van der Waals surface area contributed by atoms with Gasteiger partial charge < -0.3 is 64.2 Å². The molecule has 2 aliphatic heterocycles. The molecular weight excluding hydrogens is 981 g/mol. The fourth-order valence-corrected chi connectivity index (χ4v) is 9.76. The Morgan fingerprint density at radius 1 is 0.429 bits per heavy atom. The van der Waals surface area contributed by atoms with Crippen molar-refractivity contribution in [1.82, 2.24) is 0 Å². The fraction of sp³-hybridized carbons (Fsp3) is 0.857. The molecule has 0 radical (unpaired) electrons. The molecule has 0 saturated carbocycles. The van der Waals surface area contributed by atoms with Crippen molar-refractivity contribution in [2.45, 2.75) is 313 Å². The maximum Gasteiger partial charge on any atom is 0.306 e. The Bertz CT molecular complexity index is 1460. The molecule has 2 saturated heterocycles. The van der Waals surface area contributed by atoms with E-state index in [4.69, 9.17) is 28.4 Å². The number of esters is 1. The van der Waals surface area contributed by atoms with Crippen LogP contribution in [0.5, 0.6) is 0 Å². The zero-order valence-corrected chi connectivity index (χ0v) is 48.4. The van der Waals surface area contributed by atoms with Gasteiger partial charge in [-0.15, -0.1) is 0 Å². The molecule has 7 N–H and O–H groups in total. The standard InChI is InChI=1S/C63H114O14/c1-3-5-7-9-11-13-15-17-19-21-23-24-25-26-27-29-31-33-35-37-39-41-43-45-47-72-49-52(75-55(65)46-44-42-40-38-36-34-32-30-28-22-20-18-16-14-12-10-8-6-4-2)50-73-62-61(71)59(69)57(67)54(77-62)51-74-63-60(70)58(68)56(66)53(48-64)76-63/h15,17-18,20-21,23,25-26,52-54,56-64,66-71H,3-14,16,19,22,24,27-51H2,1-2H3/b17-15-,20-18-,23-21-,26-25-. The Labute approximate surface area is 467 Å². The number of hydrogen-bond donors (Lipinski definition) is 7. The second kappa shape index (κ2) is 49.7. The first-order valence-corrected chi connectivity index (χ1v) is 31.2. The Balaban J connectivity index is 1.69. The summed E-state index contributed by atoms with van der Waals surface area (Å²) < 4.78 is 34.5. The second-order valence-corrected chi connectivity index (χ2v) is 21.9. The van der Waals surface area contributed by atoms with E-state index < -0.39 is 80.7 Å². The van der Waals surface area contributed by atoms with Gasteiger partial charge >= 0.3 is 5.97 Å². The van der Waals surface area contributed by atoms with Crippen LogP contribution in [0.2, 0.25) is 0 Å². The third kappa shape index (κ3) is 36.1. The molecule has 0 amide bonds. The number of hydrogen-bond acceptors (Lipinski definition) is 14. The van der Waals surface area contributed by atoms with Crippen LogP contribution in [0.1, 0.15) is 245 Å². The lowest BCUT2D eigenvalue weighted by molar-refractivity contribution is -0.332. The predicted molar refractivity (Wildman–Crippen MR) is 307 cm³/mol. The van der Waals surface area contributed by atoms with Crippen molar-refractivity contribution < 1.29 is 69.0 Å². The van der Waals surface area contributed by atoms with Gasteiger partial charge in [-0.2, -0.15) is 0 Å². The minimum absolute atomic E-state index is 0.0572. The molecule has 2 rings (SSSR count). The second-order valence-electron chi connectivity index (χ2n) is 21.9. The van der Waals surface area contributed by atoms with Gasteiger partial charge in [-0.05, 0) is 77.0 Å². The molecule has 0 bridgehead atoms. The van der Waals surface area contributed by atoms with Gasteiger partial charge in [0.15, 0.2) is 12.6 Å². The first-order chi connectivity index (χ1) is 37.6. The molecular formula is C63H114O14. The van der Waals surface area contributed by atoms with E-state index in [-0.39, 0.29) is 25.6 Å². The summed E-state index contributed by atoms with van der Waals surface area (Å²) >= 11 is 0. The zero-order chi connectivity index (χ0) is 55.8. The van der Waals surface area contributed by atoms with Crippen molar-refractivity contribution in [3.63, 3.8) is 0 Å². The van der Waals surface area contributed by atoms with E-state index in [0.29, 0.717) is 13.0 Å². The maximum atomic E-state index is 13.1. The summed E-state index contributed by atoms with van der Waals surface area (Å²) in [6, 6.07) is 0. The number of rotatable bonds is 51. The number of unbranched alkanes of at least 4 members (excludes halogenated alkanes) is 29. The van der Waals surface area contributed by atoms with Gasteiger partial charge in [0.2, 0.25) is 0 Å². The molecule has 2 fully saturated rings. The van der Waals surface area contributed by atoms with Crippen molar-refractivity contribution >= 4 is 5.97 Å². The summed E-state index contributed by atoms with van der Waals surface area (Å²) in [5.41, 5.74) is 0. The smallest absolute Gasteiger partial charge is 0.306 e. The van der Waals surface area contributed by atoms with Gasteiger partial charge in [-0.1, -0.05) is 210 Å². The lowest BCUT2D eigenvalue weighted by atomic mass is 9.98. The normalized spacial score (nSPS) is 24.6. The average molecular weight is 1100 g/mol. The van der Waals surface area contributed by atoms with Crippen LogP contribution in [-0.4, -0.2) is 142 Å². The highest BCUT2D eigenvalue weighted by atomic mass is 16.7. The molecule has 2 aliphatic rings. The van der Waals surface area contributed by atoms with E-state index in [1.54, 1.807) is 0 Å². The van der Waals surface area contributed by atoms with E-state index in [1.165, 1.54) is 161 Å². The Hall–Kier alpha value is -2.05. The largest absolute Gasteiger partial charge is 0.457 e. The highest BCUT2D eigenvalue weighted by Crippen LogP contribution is 2.27. The van der Waals surface area contributed by atoms with Crippen LogP contribution < -0.4 is 0 Å². The number of aliphatic hydroxyl groups is 7. The molecule has 0 aromatic rings. The molecule has 11 unspecified atom stereocenters. The van der Waals surface area contributed by atoms with Gasteiger partial charge in [-0.3, -0.25) is 4.79 Å². The van der Waals surface area contributed by atoms with Crippen LogP contribution in [-0.2, 0) is 33.2 Å². The van der Waals surface area contributed by atoms with Gasteiger partial charge in [0.25, 0.3) is 0 Å². The number of ether oxygens (including phenoxy) is 6. The van der Waals surface area contributed by atoms with Crippen LogP contribution in [0.25, 0.3) is 0 Å². The summed E-state index contributed by atoms with van der Waals surface area (Å²) in [4.78, 5) is 13.1. The van der Waals surface area contributed by atoms with Crippen molar-refractivity contribution in [1.29, 1.82) is 0 Å². The van der Waals surface area contributed by atoms with Gasteiger partial charge in [0, 0.05) is 13.0 Å². The SMILES string of the molecule is CCCCCCC/C=C\C/C=C\C/C=C\CCCCCCCCCCCOCC(COC1OC(COC2OC(CO)C(O)C(O)C2O)C(O)C(O)C1O)OC(=O)CCCCCCCCCCC/C=C\CCCCCCCC. The topological polar surface area (TPSA) is 214 Å². The van der Waals surface area contributed by atoms with Crippen molar-refractivity contribution in [3.05, 3.63) is 48.6 Å². The molecule has 0 aromatic heterocycles. The molecule has 450 valence electrons. The number of carbonyl (C=O) groups excluding carboxylic acids is 1. The molecule has 0 aromatic carbocycles. The van der Waals surface area contributed by atoms with E-state index >= 15 is 0 Å².